The van der Waals surface area contributed by atoms with E-state index in [1.165, 1.54) is 114 Å². The molecule has 15 nitrogen and oxygen atoms in total. The Morgan fingerprint density at radius 1 is 0.360 bits per heavy atom. The smallest absolute Gasteiger partial charge is 0.354 e. The first kappa shape index (κ1) is 100. The Labute approximate surface area is 792 Å². The van der Waals surface area contributed by atoms with Crippen molar-refractivity contribution in [3.63, 3.8) is 0 Å². The van der Waals surface area contributed by atoms with Gasteiger partial charge < -0.3 is 27.9 Å². The van der Waals surface area contributed by atoms with Crippen LogP contribution in [-0.4, -0.2) is 69.0 Å². The van der Waals surface area contributed by atoms with Gasteiger partial charge in [-0.1, -0.05) is 89.5 Å². The van der Waals surface area contributed by atoms with Crippen molar-refractivity contribution in [2.45, 2.75) is 89.5 Å². The molecule has 25 heteroatoms. The third-order valence-corrected chi connectivity index (χ3v) is 20.1. The number of carbonyl (C=O) groups is 1. The van der Waals surface area contributed by atoms with Crippen LogP contribution in [0, 0.1) is 149 Å². The number of aryl methyl sites for hydroxylation is 7. The van der Waals surface area contributed by atoms with Crippen LogP contribution < -0.4 is 0 Å². The molecule has 1 N–H and O–H groups in total. The van der Waals surface area contributed by atoms with Crippen LogP contribution in [0.5, 0.6) is 0 Å². The molecule has 11 aromatic carbocycles. The van der Waals surface area contributed by atoms with Crippen molar-refractivity contribution in [3.8, 4) is 85.4 Å². The molecule has 0 fully saturated rings. The molecule has 0 saturated heterocycles. The largest absolute Gasteiger partial charge is 0.477 e. The van der Waals surface area contributed by atoms with E-state index in [4.69, 9.17) is 11.7 Å². The number of imidazole rings is 4. The summed E-state index contributed by atoms with van der Waals surface area (Å²) in [4.78, 5) is 34.6. The second kappa shape index (κ2) is 46.9. The molecule has 0 atom stereocenters. The Kier molecular flexibility index (Phi) is 37.7. The molecule has 0 unspecified atom stereocenters. The maximum absolute atomic E-state index is 13.9. The number of carboxylic acids is 1. The maximum atomic E-state index is 13.9. The molecular formula is C100H83F5Ir5N13O2-5. The van der Waals surface area contributed by atoms with Crippen LogP contribution in [0.1, 0.15) is 88.4 Å². The number of halogens is 5. The monoisotopic (exact) mass is 2560 g/mol. The number of pyridine rings is 1. The van der Waals surface area contributed by atoms with Gasteiger partial charge in [-0.25, -0.2) is 31.7 Å². The Hall–Kier alpha value is -11.6. The molecular weight excluding hydrogens is 2470 g/mol. The third-order valence-electron chi connectivity index (χ3n) is 20.1. The van der Waals surface area contributed by atoms with Gasteiger partial charge in [0.1, 0.15) is 23.4 Å². The summed E-state index contributed by atoms with van der Waals surface area (Å²) in [7, 11) is 0. The van der Waals surface area contributed by atoms with Crippen molar-refractivity contribution in [3.05, 3.63) is 423 Å². The van der Waals surface area contributed by atoms with Crippen molar-refractivity contribution >= 4 is 11.7 Å². The van der Waals surface area contributed by atoms with Gasteiger partial charge in [0.2, 0.25) is 5.82 Å². The molecule has 0 bridgehead atoms. The van der Waals surface area contributed by atoms with Gasteiger partial charge in [0, 0.05) is 179 Å². The molecule has 17 aromatic rings. The summed E-state index contributed by atoms with van der Waals surface area (Å²) in [5.41, 5.74) is 26.2. The van der Waals surface area contributed by atoms with Gasteiger partial charge in [-0.05, 0) is 169 Å². The molecule has 6 aromatic heterocycles. The molecule has 0 aliphatic rings. The minimum Gasteiger partial charge on any atom is -0.477 e. The standard InChI is InChI=1S/C26H25N2.C20H19N4.C18H17N2.C15H6F5N2.C15H11N2.C6H5NO2.5Ir/c1-18-8-10-22(11-9-18)16-23-6-5-7-24(17-23)26-27-12-13-28(26)25-20(3)14-19(2)15-21(25)4;1-12-13(2)15(4)19(16(5)14(12)3)24-11-22-23-20(24)17-8-7-9-18(10-17)21-6;1-13-11-14(2)17(15(3)12-13)20-10-9-19-18(20)16-7-5-4-6-8-16;16-9-10(17)12(19)14(13(20)11(9)18)22-7-6-21-15(22)8-4-2-1-3-5-8;1-3-7-13(8-4-1)15-16-11-12-17(15)14-9-5-2-6-10-14;8-6(9)5-3-1-2-4-7-5;;;;;/h5-6,8-15,17H,16H2,1-4H3;7,9-11H,1-5H3;4-7,9-12H,1-3H3;1-4,6-7H;1-7,9-12H;1-4H,(H,8,9);;;;;/q5*-1;;;;;;. The minimum absolute atomic E-state index is 0. The molecule has 0 amide bonds. The van der Waals surface area contributed by atoms with Crippen molar-refractivity contribution in [2.24, 2.45) is 0 Å². The van der Waals surface area contributed by atoms with Gasteiger partial charge >= 0.3 is 5.97 Å². The Morgan fingerprint density at radius 3 is 1.19 bits per heavy atom. The summed E-state index contributed by atoms with van der Waals surface area (Å²) in [6.45, 7) is 32.9. The molecule has 0 spiro atoms. The van der Waals surface area contributed by atoms with Crippen LogP contribution >= 0.6 is 0 Å². The molecule has 17 rings (SSSR count). The Bertz CT molecular complexity index is 6320. The zero-order valence-electron chi connectivity index (χ0n) is 69.8. The van der Waals surface area contributed by atoms with Crippen LogP contribution in [0.15, 0.2) is 268 Å². The predicted octanol–water partition coefficient (Wildman–Crippen LogP) is 23.4. The molecule has 645 valence electrons. The van der Waals surface area contributed by atoms with Crippen LogP contribution in [-0.2, 0) is 107 Å². The summed E-state index contributed by atoms with van der Waals surface area (Å²) >= 11 is 0. The maximum Gasteiger partial charge on any atom is 0.354 e. The summed E-state index contributed by atoms with van der Waals surface area (Å²) < 4.78 is 76.7. The quantitative estimate of drug-likeness (QED) is 0.0514. The fourth-order valence-corrected chi connectivity index (χ4v) is 14.1. The van der Waals surface area contributed by atoms with E-state index in [2.05, 4.69) is 240 Å². The first-order valence-corrected chi connectivity index (χ1v) is 38.3. The average molecular weight is 2550 g/mol. The minimum atomic E-state index is -2.20. The Morgan fingerprint density at radius 2 is 0.760 bits per heavy atom. The molecule has 0 aliphatic heterocycles. The molecule has 0 saturated carbocycles. The number of hydrogen-bond donors (Lipinski definition) is 1. The van der Waals surface area contributed by atoms with Gasteiger partial charge in [0.15, 0.2) is 23.3 Å². The number of hydrogen-bond acceptors (Lipinski definition) is 8. The topological polar surface area (TPSA) is 157 Å². The van der Waals surface area contributed by atoms with Crippen LogP contribution in [0.3, 0.4) is 0 Å². The SMILES string of the molecule is Cc1cc(C)c(-n2ccnc2-c2[c-]cccc2)c(C)c1.Cc1ccc(Cc2cc[c-]c(-c3nccn3-c3c(C)cc(C)cc3C)c2)cc1.Fc1c(F)c(F)c(-n2ccnc2-c2[c-]cccc2)c(F)c1F.O=C(O)c1ccccn1.[C-]#[N+]c1cc[c-]c(-c2nncn2-c2c(C)c(C)c(C)c(C)c2C)c1.[Ir].[Ir].[Ir].[Ir].[Ir].[c-]1ccccc1-c1nccn1-c1ccccc1. The zero-order chi connectivity index (χ0) is 85.3. The number of nitrogens with zero attached hydrogens (tertiary/aromatic N) is 13. The van der Waals surface area contributed by atoms with Gasteiger partial charge in [-0.15, -0.1) is 172 Å². The summed E-state index contributed by atoms with van der Waals surface area (Å²) in [6, 6.07) is 82.1. The van der Waals surface area contributed by atoms with Gasteiger partial charge in [-0.3, -0.25) is 24.8 Å². The molecule has 0 aliphatic carbocycles. The van der Waals surface area contributed by atoms with Crippen LogP contribution in [0.25, 0.3) is 90.2 Å². The molecule has 6 heterocycles. The average Bonchev–Trinajstić information content (AvgIpc) is 1.76. The summed E-state index contributed by atoms with van der Waals surface area (Å²) in [5, 5.41) is 16.7. The number of aromatic nitrogens is 12. The third kappa shape index (κ3) is 24.1. The van der Waals surface area contributed by atoms with E-state index in [-0.39, 0.29) is 112 Å². The number of benzene rings is 11. The zero-order valence-corrected chi connectivity index (χ0v) is 81.8. The summed E-state index contributed by atoms with van der Waals surface area (Å²) in [6.07, 6.45) is 17.9. The van der Waals surface area contributed by atoms with Crippen molar-refractivity contribution in [1.29, 1.82) is 0 Å². The van der Waals surface area contributed by atoms with Crippen molar-refractivity contribution in [1.82, 2.24) is 58.0 Å². The first-order valence-electron chi connectivity index (χ1n) is 38.3. The first-order chi connectivity index (χ1) is 57.9. The summed E-state index contributed by atoms with van der Waals surface area (Å²) in [5.74, 6) is -7.58. The molecule has 5 radical (unpaired) electrons. The van der Waals surface area contributed by atoms with E-state index in [9.17, 15) is 26.7 Å². The fourth-order valence-electron chi connectivity index (χ4n) is 14.1. The van der Waals surface area contributed by atoms with Crippen LogP contribution in [0.4, 0.5) is 27.6 Å². The predicted molar refractivity (Wildman–Crippen MR) is 460 cm³/mol. The van der Waals surface area contributed by atoms with E-state index < -0.39 is 40.7 Å². The number of carboxylic acid groups (broad SMARTS) is 1. The van der Waals surface area contributed by atoms with Crippen LogP contribution in [0.2, 0.25) is 0 Å². The van der Waals surface area contributed by atoms with Gasteiger partial charge in [0.25, 0.3) is 0 Å². The van der Waals surface area contributed by atoms with E-state index in [0.717, 1.165) is 68.3 Å². The van der Waals surface area contributed by atoms with E-state index in [1.807, 2.05) is 115 Å². The number of rotatable bonds is 13. The second-order valence-electron chi connectivity index (χ2n) is 28.4. The van der Waals surface area contributed by atoms with E-state index in [0.29, 0.717) is 17.1 Å². The number of para-hydroxylation sites is 1. The fraction of sp³-hybridized carbons (Fsp3) is 0.130. The Balaban J connectivity index is 0.000000208. The van der Waals surface area contributed by atoms with Crippen molar-refractivity contribution < 1.29 is 132 Å². The van der Waals surface area contributed by atoms with E-state index >= 15 is 0 Å². The second-order valence-corrected chi connectivity index (χ2v) is 28.4. The molecule has 125 heavy (non-hydrogen) atoms. The normalized spacial score (nSPS) is 10.2. The van der Waals surface area contributed by atoms with E-state index in [1.54, 1.807) is 54.9 Å². The van der Waals surface area contributed by atoms with Crippen molar-refractivity contribution in [2.75, 3.05) is 0 Å². The number of aromatic carboxylic acids is 1. The van der Waals surface area contributed by atoms with Gasteiger partial charge in [0.05, 0.1) is 35.7 Å². The van der Waals surface area contributed by atoms with Gasteiger partial charge in [-0.2, -0.15) is 11.2 Å².